The van der Waals surface area contributed by atoms with Gasteiger partial charge >= 0.3 is 6.09 Å². The molecule has 9 nitrogen and oxygen atoms in total. The average molecular weight is 603 g/mol. The first-order chi connectivity index (χ1) is 21.0. The van der Waals surface area contributed by atoms with E-state index in [-0.39, 0.29) is 30.8 Å². The van der Waals surface area contributed by atoms with Gasteiger partial charge in [-0.15, -0.1) is 0 Å². The van der Waals surface area contributed by atoms with E-state index in [1.54, 1.807) is 0 Å². The van der Waals surface area contributed by atoms with Crippen LogP contribution in [0.25, 0.3) is 0 Å². The summed E-state index contributed by atoms with van der Waals surface area (Å²) in [4.78, 5) is 39.5. The molecule has 0 aliphatic carbocycles. The molecule has 3 unspecified atom stereocenters. The smallest absolute Gasteiger partial charge is 0.408 e. The fourth-order valence-corrected chi connectivity index (χ4v) is 4.81. The summed E-state index contributed by atoms with van der Waals surface area (Å²) in [5.74, 6) is -1.24. The van der Waals surface area contributed by atoms with E-state index in [9.17, 15) is 19.5 Å². The maximum absolute atomic E-state index is 13.7. The van der Waals surface area contributed by atoms with Gasteiger partial charge in [-0.3, -0.25) is 9.59 Å². The van der Waals surface area contributed by atoms with Gasteiger partial charge in [-0.2, -0.15) is 0 Å². The van der Waals surface area contributed by atoms with Crippen LogP contribution in [0.15, 0.2) is 91.0 Å². The zero-order valence-electron chi connectivity index (χ0n) is 26.0. The number of ether oxygens (including phenoxy) is 1. The first kappa shape index (κ1) is 34.3. The predicted molar refractivity (Wildman–Crippen MR) is 171 cm³/mol. The van der Waals surface area contributed by atoms with Crippen LogP contribution in [0.2, 0.25) is 0 Å². The number of alkyl carbamates (subject to hydrolysis) is 1. The average Bonchev–Trinajstić information content (AvgIpc) is 3.02. The number of nitrogens with two attached hydrogens (primary N) is 1. The number of amides is 3. The number of hydrogen-bond donors (Lipinski definition) is 5. The Morgan fingerprint density at radius 3 is 1.52 bits per heavy atom. The van der Waals surface area contributed by atoms with Crippen molar-refractivity contribution >= 4 is 17.9 Å². The van der Waals surface area contributed by atoms with E-state index in [0.29, 0.717) is 6.42 Å². The van der Waals surface area contributed by atoms with Crippen LogP contribution in [0.5, 0.6) is 0 Å². The Bertz CT molecular complexity index is 1300. The maximum atomic E-state index is 13.7. The molecule has 0 saturated heterocycles. The number of benzene rings is 3. The van der Waals surface area contributed by atoms with Crippen molar-refractivity contribution in [3.8, 4) is 0 Å². The van der Waals surface area contributed by atoms with Crippen molar-refractivity contribution in [3.05, 3.63) is 108 Å². The molecule has 0 saturated carbocycles. The molecule has 0 radical (unpaired) electrons. The zero-order chi connectivity index (χ0) is 32.1. The van der Waals surface area contributed by atoms with Gasteiger partial charge < -0.3 is 31.5 Å². The number of carbonyl (C=O) groups is 3. The molecule has 5 atom stereocenters. The summed E-state index contributed by atoms with van der Waals surface area (Å²) in [7, 11) is 0. The van der Waals surface area contributed by atoms with Crippen molar-refractivity contribution in [1.29, 1.82) is 0 Å². The summed E-state index contributed by atoms with van der Waals surface area (Å²) in [5.41, 5.74) is 8.76. The lowest BCUT2D eigenvalue weighted by Crippen LogP contribution is -2.60. The van der Waals surface area contributed by atoms with Crippen LogP contribution >= 0.6 is 0 Å². The Kier molecular flexibility index (Phi) is 13.4. The largest absolute Gasteiger partial charge is 0.445 e. The van der Waals surface area contributed by atoms with Gasteiger partial charge in [0.25, 0.3) is 0 Å². The molecule has 3 rings (SSSR count). The number of aliphatic hydroxyl groups is 1. The van der Waals surface area contributed by atoms with Crippen molar-refractivity contribution in [2.45, 2.75) is 77.4 Å². The highest BCUT2D eigenvalue weighted by molar-refractivity contribution is 5.86. The molecule has 0 aliphatic rings. The fourth-order valence-electron chi connectivity index (χ4n) is 4.81. The molecule has 236 valence electrons. The Balaban J connectivity index is 1.83. The van der Waals surface area contributed by atoms with E-state index in [2.05, 4.69) is 16.0 Å². The summed E-state index contributed by atoms with van der Waals surface area (Å²) in [6.45, 7) is 7.41. The highest BCUT2D eigenvalue weighted by Crippen LogP contribution is 2.15. The van der Waals surface area contributed by atoms with Crippen molar-refractivity contribution in [3.63, 3.8) is 0 Å². The van der Waals surface area contributed by atoms with E-state index in [1.807, 2.05) is 119 Å². The van der Waals surface area contributed by atoms with Gasteiger partial charge in [0.05, 0.1) is 24.2 Å². The molecule has 6 N–H and O–H groups in total. The summed E-state index contributed by atoms with van der Waals surface area (Å²) in [6.07, 6.45) is -1.31. The normalized spacial score (nSPS) is 14.6. The zero-order valence-corrected chi connectivity index (χ0v) is 26.0. The van der Waals surface area contributed by atoms with Gasteiger partial charge in [0, 0.05) is 0 Å². The van der Waals surface area contributed by atoms with E-state index >= 15 is 0 Å². The first-order valence-corrected chi connectivity index (χ1v) is 15.1. The van der Waals surface area contributed by atoms with Gasteiger partial charge in [-0.1, -0.05) is 119 Å². The minimum atomic E-state index is -1.19. The molecule has 0 aliphatic heterocycles. The number of carbonyl (C=O) groups excluding carboxylic acids is 3. The summed E-state index contributed by atoms with van der Waals surface area (Å²) < 4.78 is 5.36. The standard InChI is InChI=1S/C35H46N4O5/c1-23(2)30(36)33(41)37-28(20-25-14-8-5-9-15-25)32(40)29(21-26-16-10-6-11-17-26)38-34(42)31(24(3)4)39-35(43)44-22-27-18-12-7-13-19-27/h5-19,23-24,28-32,40H,20-22,36H2,1-4H3,(H,37,41)(H,38,42)(H,39,43)/t28?,29?,30-,31-,32?/m0/s1. The first-order valence-electron chi connectivity index (χ1n) is 15.1. The fraction of sp³-hybridized carbons (Fsp3) is 0.400. The lowest BCUT2D eigenvalue weighted by molar-refractivity contribution is -0.126. The molecule has 3 aromatic rings. The number of rotatable bonds is 15. The molecule has 0 heterocycles. The summed E-state index contributed by atoms with van der Waals surface area (Å²) in [5, 5.41) is 20.4. The third-order valence-electron chi connectivity index (χ3n) is 7.53. The summed E-state index contributed by atoms with van der Waals surface area (Å²) in [6, 6.07) is 25.0. The van der Waals surface area contributed by atoms with Crippen molar-refractivity contribution in [1.82, 2.24) is 16.0 Å². The number of aliphatic hydroxyl groups excluding tert-OH is 1. The Labute approximate surface area is 260 Å². The SMILES string of the molecule is CC(C)[C@H](N)C(=O)NC(Cc1ccccc1)C(O)C(Cc1ccccc1)NC(=O)[C@@H](NC(=O)OCc1ccccc1)C(C)C. The van der Waals surface area contributed by atoms with Crippen LogP contribution in [-0.4, -0.2) is 53.3 Å². The molecule has 0 fully saturated rings. The topological polar surface area (TPSA) is 143 Å². The molecule has 0 aromatic heterocycles. The van der Waals surface area contributed by atoms with E-state index < -0.39 is 42.3 Å². The van der Waals surface area contributed by atoms with E-state index in [1.165, 1.54) is 0 Å². The van der Waals surface area contributed by atoms with E-state index in [4.69, 9.17) is 10.5 Å². The molecule has 0 bridgehead atoms. The quantitative estimate of drug-likeness (QED) is 0.179. The minimum absolute atomic E-state index is 0.0633. The number of nitrogens with one attached hydrogen (secondary N) is 3. The van der Waals surface area contributed by atoms with Crippen molar-refractivity contribution < 1.29 is 24.2 Å². The van der Waals surface area contributed by atoms with Crippen LogP contribution in [0.4, 0.5) is 4.79 Å². The Morgan fingerprint density at radius 1 is 0.659 bits per heavy atom. The molecule has 9 heteroatoms. The predicted octanol–water partition coefficient (Wildman–Crippen LogP) is 3.74. The molecule has 44 heavy (non-hydrogen) atoms. The molecule has 0 spiro atoms. The number of hydrogen-bond acceptors (Lipinski definition) is 6. The summed E-state index contributed by atoms with van der Waals surface area (Å²) >= 11 is 0. The molecule has 3 amide bonds. The van der Waals surface area contributed by atoms with Gasteiger partial charge in [-0.25, -0.2) is 4.79 Å². The van der Waals surface area contributed by atoms with Crippen LogP contribution in [0.3, 0.4) is 0 Å². The monoisotopic (exact) mass is 602 g/mol. The second-order valence-corrected chi connectivity index (χ2v) is 11.8. The van der Waals surface area contributed by atoms with Crippen LogP contribution in [-0.2, 0) is 33.8 Å². The van der Waals surface area contributed by atoms with Gasteiger partial charge in [0.15, 0.2) is 0 Å². The highest BCUT2D eigenvalue weighted by atomic mass is 16.5. The molecular formula is C35H46N4O5. The Hall–Kier alpha value is -4.21. The third kappa shape index (κ3) is 10.8. The van der Waals surface area contributed by atoms with Crippen LogP contribution in [0, 0.1) is 11.8 Å². The Morgan fingerprint density at radius 2 is 1.09 bits per heavy atom. The van der Waals surface area contributed by atoms with Crippen molar-refractivity contribution in [2.24, 2.45) is 17.6 Å². The van der Waals surface area contributed by atoms with Gasteiger partial charge in [-0.05, 0) is 41.4 Å². The van der Waals surface area contributed by atoms with Crippen LogP contribution in [0.1, 0.15) is 44.4 Å². The lowest BCUT2D eigenvalue weighted by atomic mass is 9.91. The van der Waals surface area contributed by atoms with Gasteiger partial charge in [0.2, 0.25) is 11.8 Å². The second-order valence-electron chi connectivity index (χ2n) is 11.8. The lowest BCUT2D eigenvalue weighted by Gasteiger charge is -2.34. The van der Waals surface area contributed by atoms with Gasteiger partial charge in [0.1, 0.15) is 12.6 Å². The second kappa shape index (κ2) is 17.2. The maximum Gasteiger partial charge on any atom is 0.408 e. The van der Waals surface area contributed by atoms with Crippen molar-refractivity contribution in [2.75, 3.05) is 0 Å². The molecule has 3 aromatic carbocycles. The van der Waals surface area contributed by atoms with Crippen LogP contribution < -0.4 is 21.7 Å². The van der Waals surface area contributed by atoms with E-state index in [0.717, 1.165) is 16.7 Å². The highest BCUT2D eigenvalue weighted by Gasteiger charge is 2.34. The third-order valence-corrected chi connectivity index (χ3v) is 7.53. The molecular weight excluding hydrogens is 556 g/mol. The minimum Gasteiger partial charge on any atom is -0.445 e.